The fourth-order valence-corrected chi connectivity index (χ4v) is 1.71. The van der Waals surface area contributed by atoms with Gasteiger partial charge in [-0.15, -0.1) is 0 Å². The zero-order valence-corrected chi connectivity index (χ0v) is 12.9. The van der Waals surface area contributed by atoms with Crippen LogP contribution in [0.1, 0.15) is 26.6 Å². The van der Waals surface area contributed by atoms with Gasteiger partial charge < -0.3 is 14.8 Å². The molecule has 8 nitrogen and oxygen atoms in total. The Bertz CT molecular complexity index is 479. The maximum Gasteiger partial charge on any atom is 0.372 e. The summed E-state index contributed by atoms with van der Waals surface area (Å²) in [4.78, 5) is 19.1. The van der Waals surface area contributed by atoms with Crippen molar-refractivity contribution in [2.24, 2.45) is 5.92 Å². The first-order chi connectivity index (χ1) is 9.99. The van der Waals surface area contributed by atoms with Gasteiger partial charge in [-0.3, -0.25) is 10.1 Å². The van der Waals surface area contributed by atoms with Crippen molar-refractivity contribution in [3.05, 3.63) is 15.9 Å². The zero-order valence-electron chi connectivity index (χ0n) is 12.9. The van der Waals surface area contributed by atoms with Crippen molar-refractivity contribution in [1.82, 2.24) is 9.97 Å². The minimum absolute atomic E-state index is 0.0151. The number of rotatable bonds is 9. The molecule has 0 aliphatic carbocycles. The van der Waals surface area contributed by atoms with Crippen molar-refractivity contribution in [3.63, 3.8) is 0 Å². The van der Waals surface area contributed by atoms with Crippen LogP contribution in [0, 0.1) is 16.0 Å². The van der Waals surface area contributed by atoms with Gasteiger partial charge in [0.15, 0.2) is 0 Å². The van der Waals surface area contributed by atoms with Gasteiger partial charge in [0, 0.05) is 20.1 Å². The molecule has 0 atom stereocenters. The van der Waals surface area contributed by atoms with Gasteiger partial charge in [-0.25, -0.2) is 4.98 Å². The average molecular weight is 298 g/mol. The molecule has 0 unspecified atom stereocenters. The summed E-state index contributed by atoms with van der Waals surface area (Å²) in [5.41, 5.74) is -0.236. The summed E-state index contributed by atoms with van der Waals surface area (Å²) in [5.74, 6) is 1.05. The number of nitrogens with one attached hydrogen (secondary N) is 1. The summed E-state index contributed by atoms with van der Waals surface area (Å²) in [6, 6.07) is 0. The van der Waals surface area contributed by atoms with Gasteiger partial charge in [0.05, 0.1) is 11.5 Å². The normalized spacial score (nSPS) is 10.7. The highest BCUT2D eigenvalue weighted by Gasteiger charge is 2.26. The Hall–Kier alpha value is -1.96. The van der Waals surface area contributed by atoms with Crippen LogP contribution in [0.5, 0.6) is 5.88 Å². The molecule has 0 spiro atoms. The SMILES string of the molecule is CCNc1nc(CC(C)C)nc(OCCOC)c1[N+](=O)[O-]. The number of nitro groups is 1. The zero-order chi connectivity index (χ0) is 15.8. The number of methoxy groups -OCH3 is 1. The van der Waals surface area contributed by atoms with E-state index in [-0.39, 0.29) is 24.0 Å². The first kappa shape index (κ1) is 17.1. The van der Waals surface area contributed by atoms with Crippen LogP contribution in [0.2, 0.25) is 0 Å². The van der Waals surface area contributed by atoms with Crippen LogP contribution < -0.4 is 10.1 Å². The minimum Gasteiger partial charge on any atom is -0.470 e. The Morgan fingerprint density at radius 3 is 2.57 bits per heavy atom. The van der Waals surface area contributed by atoms with Crippen LogP contribution >= 0.6 is 0 Å². The molecule has 0 radical (unpaired) electrons. The van der Waals surface area contributed by atoms with E-state index in [2.05, 4.69) is 15.3 Å². The van der Waals surface area contributed by atoms with Crippen molar-refractivity contribution >= 4 is 11.5 Å². The Morgan fingerprint density at radius 1 is 1.33 bits per heavy atom. The molecule has 0 aromatic carbocycles. The van der Waals surface area contributed by atoms with Gasteiger partial charge >= 0.3 is 5.69 Å². The number of anilines is 1. The molecular weight excluding hydrogens is 276 g/mol. The number of ether oxygens (including phenoxy) is 2. The van der Waals surface area contributed by atoms with E-state index in [0.29, 0.717) is 31.3 Å². The molecule has 0 saturated heterocycles. The Balaban J connectivity index is 3.19. The Kier molecular flexibility index (Phi) is 6.80. The Morgan fingerprint density at radius 2 is 2.05 bits per heavy atom. The molecule has 1 aromatic heterocycles. The second-order valence-corrected chi connectivity index (χ2v) is 4.87. The minimum atomic E-state index is -0.528. The van der Waals surface area contributed by atoms with E-state index in [1.807, 2.05) is 20.8 Å². The third kappa shape index (κ3) is 5.14. The molecule has 0 aliphatic rings. The first-order valence-corrected chi connectivity index (χ1v) is 6.90. The summed E-state index contributed by atoms with van der Waals surface area (Å²) in [7, 11) is 1.53. The third-order valence-electron chi connectivity index (χ3n) is 2.54. The predicted molar refractivity (Wildman–Crippen MR) is 78.8 cm³/mol. The van der Waals surface area contributed by atoms with Crippen LogP contribution in [-0.2, 0) is 11.2 Å². The van der Waals surface area contributed by atoms with Crippen LogP contribution in [0.15, 0.2) is 0 Å². The molecular formula is C13H22N4O4. The summed E-state index contributed by atoms with van der Waals surface area (Å²) >= 11 is 0. The van der Waals surface area contributed by atoms with Crippen LogP contribution in [-0.4, -0.2) is 41.8 Å². The van der Waals surface area contributed by atoms with Crippen LogP contribution in [0.25, 0.3) is 0 Å². The molecule has 0 amide bonds. The highest BCUT2D eigenvalue weighted by molar-refractivity contribution is 5.61. The van der Waals surface area contributed by atoms with Gasteiger partial charge in [0.25, 0.3) is 5.88 Å². The van der Waals surface area contributed by atoms with Crippen molar-refractivity contribution in [3.8, 4) is 5.88 Å². The first-order valence-electron chi connectivity index (χ1n) is 6.90. The van der Waals surface area contributed by atoms with E-state index < -0.39 is 4.92 Å². The van der Waals surface area contributed by atoms with Crippen molar-refractivity contribution in [1.29, 1.82) is 0 Å². The lowest BCUT2D eigenvalue weighted by Crippen LogP contribution is -2.13. The van der Waals surface area contributed by atoms with Gasteiger partial charge in [0.2, 0.25) is 5.82 Å². The molecule has 0 aliphatic heterocycles. The molecule has 0 bridgehead atoms. The second-order valence-electron chi connectivity index (χ2n) is 4.87. The van der Waals surface area contributed by atoms with E-state index >= 15 is 0 Å². The molecule has 1 aromatic rings. The lowest BCUT2D eigenvalue weighted by molar-refractivity contribution is -0.385. The molecule has 1 N–H and O–H groups in total. The fraction of sp³-hybridized carbons (Fsp3) is 0.692. The molecule has 0 saturated carbocycles. The number of aromatic nitrogens is 2. The van der Waals surface area contributed by atoms with Crippen molar-refractivity contribution in [2.75, 3.05) is 32.2 Å². The standard InChI is InChI=1S/C13H22N4O4/c1-5-14-12-11(17(18)19)13(21-7-6-20-4)16-10(15-12)8-9(2)3/h9H,5-8H2,1-4H3,(H,14,15,16). The second kappa shape index (κ2) is 8.35. The van der Waals surface area contributed by atoms with Crippen molar-refractivity contribution in [2.45, 2.75) is 27.2 Å². The van der Waals surface area contributed by atoms with E-state index in [1.54, 1.807) is 0 Å². The lowest BCUT2D eigenvalue weighted by Gasteiger charge is -2.12. The van der Waals surface area contributed by atoms with Crippen LogP contribution in [0.4, 0.5) is 11.5 Å². The average Bonchev–Trinajstić information content (AvgIpc) is 2.38. The maximum atomic E-state index is 11.3. The number of hydrogen-bond acceptors (Lipinski definition) is 7. The van der Waals surface area contributed by atoms with E-state index in [0.717, 1.165) is 0 Å². The highest BCUT2D eigenvalue weighted by atomic mass is 16.6. The van der Waals surface area contributed by atoms with E-state index in [4.69, 9.17) is 9.47 Å². The number of nitrogens with zero attached hydrogens (tertiary/aromatic N) is 3. The van der Waals surface area contributed by atoms with Gasteiger partial charge in [-0.05, 0) is 12.8 Å². The largest absolute Gasteiger partial charge is 0.470 e. The van der Waals surface area contributed by atoms with Crippen LogP contribution in [0.3, 0.4) is 0 Å². The molecule has 118 valence electrons. The summed E-state index contributed by atoms with van der Waals surface area (Å²) in [6.07, 6.45) is 0.622. The van der Waals surface area contributed by atoms with Crippen molar-refractivity contribution < 1.29 is 14.4 Å². The van der Waals surface area contributed by atoms with E-state index in [9.17, 15) is 10.1 Å². The third-order valence-corrected chi connectivity index (χ3v) is 2.54. The smallest absolute Gasteiger partial charge is 0.372 e. The Labute approximate surface area is 124 Å². The van der Waals surface area contributed by atoms with Gasteiger partial charge in [-0.1, -0.05) is 13.8 Å². The molecule has 8 heteroatoms. The predicted octanol–water partition coefficient (Wildman–Crippen LogP) is 2.04. The van der Waals surface area contributed by atoms with Gasteiger partial charge in [-0.2, -0.15) is 4.98 Å². The maximum absolute atomic E-state index is 11.3. The van der Waals surface area contributed by atoms with E-state index in [1.165, 1.54) is 7.11 Å². The fourth-order valence-electron chi connectivity index (χ4n) is 1.71. The topological polar surface area (TPSA) is 99.4 Å². The monoisotopic (exact) mass is 298 g/mol. The lowest BCUT2D eigenvalue weighted by atomic mass is 10.1. The summed E-state index contributed by atoms with van der Waals surface area (Å²) in [5, 5.41) is 14.2. The molecule has 1 heterocycles. The summed E-state index contributed by atoms with van der Waals surface area (Å²) in [6.45, 7) is 6.96. The molecule has 21 heavy (non-hydrogen) atoms. The summed E-state index contributed by atoms with van der Waals surface area (Å²) < 4.78 is 10.3. The molecule has 1 rings (SSSR count). The number of hydrogen-bond donors (Lipinski definition) is 1. The highest BCUT2D eigenvalue weighted by Crippen LogP contribution is 2.32. The molecule has 0 fully saturated rings. The van der Waals surface area contributed by atoms with Gasteiger partial charge in [0.1, 0.15) is 12.4 Å². The quantitative estimate of drug-likeness (QED) is 0.423.